The smallest absolute Gasteiger partial charge is 0.251 e. The highest BCUT2D eigenvalue weighted by Crippen LogP contribution is 2.14. The lowest BCUT2D eigenvalue weighted by Gasteiger charge is -2.07. The molecular formula is C11H11F3N4. The molecule has 0 aliphatic carbocycles. The van der Waals surface area contributed by atoms with Gasteiger partial charge < -0.3 is 5.32 Å². The van der Waals surface area contributed by atoms with Gasteiger partial charge in [-0.15, -0.1) is 0 Å². The van der Waals surface area contributed by atoms with Gasteiger partial charge in [-0.2, -0.15) is 14.5 Å². The molecule has 2 aromatic heterocycles. The first kappa shape index (κ1) is 12.4. The van der Waals surface area contributed by atoms with Crippen LogP contribution in [0.25, 0.3) is 0 Å². The Labute approximate surface area is 101 Å². The summed E-state index contributed by atoms with van der Waals surface area (Å²) in [7, 11) is 1.78. The van der Waals surface area contributed by atoms with E-state index < -0.39 is 17.6 Å². The zero-order chi connectivity index (χ0) is 13.1. The second kappa shape index (κ2) is 5.07. The molecule has 0 atom stereocenters. The minimum absolute atomic E-state index is 0.295. The fraction of sp³-hybridized carbons (Fsp3) is 0.273. The first-order chi connectivity index (χ1) is 8.58. The zero-order valence-electron chi connectivity index (χ0n) is 9.62. The molecule has 7 heteroatoms. The van der Waals surface area contributed by atoms with Gasteiger partial charge in [0.05, 0.1) is 0 Å². The molecular weight excluding hydrogens is 245 g/mol. The molecule has 0 radical (unpaired) electrons. The summed E-state index contributed by atoms with van der Waals surface area (Å²) in [5.74, 6) is -3.83. The summed E-state index contributed by atoms with van der Waals surface area (Å²) in [4.78, 5) is 3.16. The topological polar surface area (TPSA) is 42.7 Å². The molecule has 0 saturated carbocycles. The minimum Gasteiger partial charge on any atom is -0.367 e. The summed E-state index contributed by atoms with van der Waals surface area (Å²) in [5, 5.41) is 6.59. The number of aryl methyl sites for hydroxylation is 1. The van der Waals surface area contributed by atoms with Crippen LogP contribution in [0.3, 0.4) is 0 Å². The van der Waals surface area contributed by atoms with Gasteiger partial charge in [0.2, 0.25) is 0 Å². The summed E-state index contributed by atoms with van der Waals surface area (Å²) in [6.07, 6.45) is 2.21. The van der Waals surface area contributed by atoms with E-state index in [-0.39, 0.29) is 5.82 Å². The fourth-order valence-electron chi connectivity index (χ4n) is 1.52. The predicted molar refractivity (Wildman–Crippen MR) is 59.5 cm³/mol. The summed E-state index contributed by atoms with van der Waals surface area (Å²) in [6.45, 7) is 0.342. The molecule has 18 heavy (non-hydrogen) atoms. The molecule has 0 spiro atoms. The van der Waals surface area contributed by atoms with Crippen molar-refractivity contribution in [3.8, 4) is 0 Å². The zero-order valence-corrected chi connectivity index (χ0v) is 9.62. The van der Waals surface area contributed by atoms with Crippen LogP contribution < -0.4 is 5.32 Å². The summed E-state index contributed by atoms with van der Waals surface area (Å²) >= 11 is 0. The third-order valence-corrected chi connectivity index (χ3v) is 2.48. The number of nitrogens with zero attached hydrogens (tertiary/aromatic N) is 3. The Morgan fingerprint density at radius 2 is 2.06 bits per heavy atom. The maximum Gasteiger partial charge on any atom is 0.251 e. The van der Waals surface area contributed by atoms with Gasteiger partial charge in [-0.3, -0.25) is 4.68 Å². The minimum atomic E-state index is -1.32. The monoisotopic (exact) mass is 256 g/mol. The van der Waals surface area contributed by atoms with Crippen LogP contribution in [0.5, 0.6) is 0 Å². The number of hydrogen-bond donors (Lipinski definition) is 1. The highest BCUT2D eigenvalue weighted by molar-refractivity contribution is 5.36. The van der Waals surface area contributed by atoms with E-state index in [1.54, 1.807) is 17.9 Å². The van der Waals surface area contributed by atoms with Gasteiger partial charge >= 0.3 is 0 Å². The lowest BCUT2D eigenvalue weighted by atomic mass is 10.3. The maximum absolute atomic E-state index is 13.2. The van der Waals surface area contributed by atoms with Crippen molar-refractivity contribution in [3.63, 3.8) is 0 Å². The van der Waals surface area contributed by atoms with Crippen molar-refractivity contribution >= 4 is 5.82 Å². The van der Waals surface area contributed by atoms with E-state index in [9.17, 15) is 13.2 Å². The summed E-state index contributed by atoms with van der Waals surface area (Å²) in [5.41, 5.74) is 0.936. The molecule has 0 aromatic carbocycles. The standard InChI is InChI=1S/C11H11F3N4/c1-18-7(3-5-16-18)2-4-15-11-9(13)6-8(12)10(14)17-11/h3,5-6H,2,4H2,1H3,(H,15,17). The lowest BCUT2D eigenvalue weighted by Crippen LogP contribution is -2.11. The van der Waals surface area contributed by atoms with Crippen molar-refractivity contribution in [1.29, 1.82) is 0 Å². The van der Waals surface area contributed by atoms with Crippen molar-refractivity contribution in [2.24, 2.45) is 7.05 Å². The number of nitrogens with one attached hydrogen (secondary N) is 1. The average molecular weight is 256 g/mol. The van der Waals surface area contributed by atoms with E-state index in [1.807, 2.05) is 6.07 Å². The van der Waals surface area contributed by atoms with Crippen LogP contribution in [0, 0.1) is 17.6 Å². The third kappa shape index (κ3) is 2.61. The Balaban J connectivity index is 1.99. The van der Waals surface area contributed by atoms with Crippen LogP contribution in [-0.4, -0.2) is 21.3 Å². The quantitative estimate of drug-likeness (QED) is 0.849. The Morgan fingerprint density at radius 3 is 2.72 bits per heavy atom. The Bertz CT molecular complexity index is 553. The van der Waals surface area contributed by atoms with Crippen LogP contribution >= 0.6 is 0 Å². The molecule has 0 aliphatic heterocycles. The second-order valence-corrected chi connectivity index (χ2v) is 3.71. The number of rotatable bonds is 4. The number of aromatic nitrogens is 3. The van der Waals surface area contributed by atoms with Gasteiger partial charge in [-0.25, -0.2) is 8.78 Å². The molecule has 1 N–H and O–H groups in total. The van der Waals surface area contributed by atoms with Gasteiger partial charge in [0.15, 0.2) is 17.5 Å². The molecule has 2 heterocycles. The van der Waals surface area contributed by atoms with E-state index in [1.165, 1.54) is 0 Å². The fourth-order valence-corrected chi connectivity index (χ4v) is 1.52. The SMILES string of the molecule is Cn1nccc1CCNc1nc(F)c(F)cc1F. The first-order valence-corrected chi connectivity index (χ1v) is 5.30. The summed E-state index contributed by atoms with van der Waals surface area (Å²) < 4.78 is 40.4. The molecule has 0 fully saturated rings. The number of halogens is 3. The lowest BCUT2D eigenvalue weighted by molar-refractivity contribution is 0.466. The Morgan fingerprint density at radius 1 is 1.28 bits per heavy atom. The van der Waals surface area contributed by atoms with E-state index in [0.29, 0.717) is 19.0 Å². The van der Waals surface area contributed by atoms with Crippen molar-refractivity contribution < 1.29 is 13.2 Å². The van der Waals surface area contributed by atoms with Gasteiger partial charge in [0, 0.05) is 38.0 Å². The van der Waals surface area contributed by atoms with Crippen molar-refractivity contribution in [2.75, 3.05) is 11.9 Å². The molecule has 0 unspecified atom stereocenters. The average Bonchev–Trinajstić information content (AvgIpc) is 2.72. The van der Waals surface area contributed by atoms with E-state index in [4.69, 9.17) is 0 Å². The molecule has 4 nitrogen and oxygen atoms in total. The van der Waals surface area contributed by atoms with Crippen molar-refractivity contribution in [3.05, 3.63) is 41.6 Å². The largest absolute Gasteiger partial charge is 0.367 e. The Hall–Kier alpha value is -2.05. The van der Waals surface area contributed by atoms with Gasteiger partial charge in [-0.1, -0.05) is 0 Å². The van der Waals surface area contributed by atoms with Gasteiger partial charge in [0.25, 0.3) is 5.95 Å². The first-order valence-electron chi connectivity index (χ1n) is 5.30. The van der Waals surface area contributed by atoms with Gasteiger partial charge in [-0.05, 0) is 6.07 Å². The highest BCUT2D eigenvalue weighted by Gasteiger charge is 2.11. The van der Waals surface area contributed by atoms with Crippen LogP contribution in [0.15, 0.2) is 18.3 Å². The van der Waals surface area contributed by atoms with E-state index in [2.05, 4.69) is 15.4 Å². The van der Waals surface area contributed by atoms with Crippen molar-refractivity contribution in [1.82, 2.24) is 14.8 Å². The highest BCUT2D eigenvalue weighted by atomic mass is 19.2. The molecule has 2 aromatic rings. The van der Waals surface area contributed by atoms with Crippen LogP contribution in [-0.2, 0) is 13.5 Å². The number of pyridine rings is 1. The summed E-state index contributed by atoms with van der Waals surface area (Å²) in [6, 6.07) is 2.28. The van der Waals surface area contributed by atoms with E-state index >= 15 is 0 Å². The number of hydrogen-bond acceptors (Lipinski definition) is 3. The van der Waals surface area contributed by atoms with Crippen LogP contribution in [0.1, 0.15) is 5.69 Å². The molecule has 0 bridgehead atoms. The van der Waals surface area contributed by atoms with Crippen LogP contribution in [0.4, 0.5) is 19.0 Å². The molecule has 96 valence electrons. The maximum atomic E-state index is 13.2. The van der Waals surface area contributed by atoms with Crippen LogP contribution in [0.2, 0.25) is 0 Å². The molecule has 2 rings (SSSR count). The number of anilines is 1. The van der Waals surface area contributed by atoms with Crippen molar-refractivity contribution in [2.45, 2.75) is 6.42 Å². The van der Waals surface area contributed by atoms with Gasteiger partial charge in [0.1, 0.15) is 0 Å². The normalized spacial score (nSPS) is 10.7. The molecule has 0 aliphatic rings. The predicted octanol–water partition coefficient (Wildman–Crippen LogP) is 1.89. The van der Waals surface area contributed by atoms with E-state index in [0.717, 1.165) is 5.69 Å². The molecule has 0 amide bonds. The Kier molecular flexibility index (Phi) is 3.50. The third-order valence-electron chi connectivity index (χ3n) is 2.48. The molecule has 0 saturated heterocycles. The second-order valence-electron chi connectivity index (χ2n) is 3.71.